The van der Waals surface area contributed by atoms with Gasteiger partial charge in [-0.2, -0.15) is 0 Å². The lowest BCUT2D eigenvalue weighted by Crippen LogP contribution is -2.30. The van der Waals surface area contributed by atoms with Crippen molar-refractivity contribution in [2.75, 3.05) is 0 Å². The van der Waals surface area contributed by atoms with Crippen molar-refractivity contribution in [3.8, 4) is 0 Å². The number of nitrogens with two attached hydrogens (primary N) is 1. The van der Waals surface area contributed by atoms with E-state index in [-0.39, 0.29) is 11.8 Å². The third-order valence-corrected chi connectivity index (χ3v) is 3.62. The molecule has 1 aliphatic rings. The maximum atomic E-state index is 12.3. The highest BCUT2D eigenvalue weighted by atomic mass is 16.2. The van der Waals surface area contributed by atoms with Crippen molar-refractivity contribution >= 4 is 11.8 Å². The summed E-state index contributed by atoms with van der Waals surface area (Å²) < 4.78 is 0. The standard InChI is InChI=1S/C16H15N3O2/c17-18-15(20)12-7-5-11(6-8-12)9-19-10-13-3-1-2-4-14(13)16(19)21/h1-8H,9-10,17H2,(H,18,20). The van der Waals surface area contributed by atoms with Crippen molar-refractivity contribution in [2.45, 2.75) is 13.1 Å². The fraction of sp³-hybridized carbons (Fsp3) is 0.125. The minimum absolute atomic E-state index is 0.0503. The number of hydrazine groups is 1. The van der Waals surface area contributed by atoms with Crippen molar-refractivity contribution in [3.05, 3.63) is 70.8 Å². The molecule has 0 radical (unpaired) electrons. The second-order valence-electron chi connectivity index (χ2n) is 4.99. The van der Waals surface area contributed by atoms with E-state index in [4.69, 9.17) is 5.84 Å². The fourth-order valence-electron chi connectivity index (χ4n) is 2.51. The second-order valence-corrected chi connectivity index (χ2v) is 4.99. The van der Waals surface area contributed by atoms with E-state index in [2.05, 4.69) is 5.43 Å². The number of hydrogen-bond donors (Lipinski definition) is 2. The normalized spacial score (nSPS) is 13.2. The van der Waals surface area contributed by atoms with Crippen molar-refractivity contribution in [1.82, 2.24) is 10.3 Å². The zero-order valence-corrected chi connectivity index (χ0v) is 11.4. The summed E-state index contributed by atoms with van der Waals surface area (Å²) in [5.74, 6) is 4.81. The van der Waals surface area contributed by atoms with E-state index in [1.54, 1.807) is 17.0 Å². The van der Waals surface area contributed by atoms with Crippen LogP contribution in [0.25, 0.3) is 0 Å². The first-order chi connectivity index (χ1) is 10.2. The summed E-state index contributed by atoms with van der Waals surface area (Å²) in [6.45, 7) is 1.15. The Balaban J connectivity index is 1.74. The Morgan fingerprint density at radius 3 is 2.52 bits per heavy atom. The van der Waals surface area contributed by atoms with Crippen LogP contribution in [-0.4, -0.2) is 16.7 Å². The second kappa shape index (κ2) is 5.38. The summed E-state index contributed by atoms with van der Waals surface area (Å²) in [5.41, 5.74) is 5.40. The molecule has 3 N–H and O–H groups in total. The first kappa shape index (κ1) is 13.3. The van der Waals surface area contributed by atoms with Crippen molar-refractivity contribution in [1.29, 1.82) is 0 Å². The third-order valence-electron chi connectivity index (χ3n) is 3.62. The van der Waals surface area contributed by atoms with E-state index in [1.165, 1.54) is 0 Å². The zero-order chi connectivity index (χ0) is 14.8. The van der Waals surface area contributed by atoms with Crippen LogP contribution >= 0.6 is 0 Å². The Labute approximate surface area is 122 Å². The van der Waals surface area contributed by atoms with Crippen molar-refractivity contribution in [2.24, 2.45) is 5.84 Å². The molecule has 5 nitrogen and oxygen atoms in total. The van der Waals surface area contributed by atoms with Crippen LogP contribution in [0.1, 0.15) is 31.8 Å². The highest BCUT2D eigenvalue weighted by Crippen LogP contribution is 2.24. The van der Waals surface area contributed by atoms with Crippen molar-refractivity contribution in [3.63, 3.8) is 0 Å². The van der Waals surface area contributed by atoms with Crippen LogP contribution in [0.2, 0.25) is 0 Å². The smallest absolute Gasteiger partial charge is 0.265 e. The first-order valence-electron chi connectivity index (χ1n) is 6.66. The van der Waals surface area contributed by atoms with Gasteiger partial charge in [-0.1, -0.05) is 30.3 Å². The van der Waals surface area contributed by atoms with Gasteiger partial charge in [-0.25, -0.2) is 5.84 Å². The van der Waals surface area contributed by atoms with E-state index >= 15 is 0 Å². The largest absolute Gasteiger partial charge is 0.330 e. The highest BCUT2D eigenvalue weighted by Gasteiger charge is 2.26. The average Bonchev–Trinajstić information content (AvgIpc) is 2.84. The van der Waals surface area contributed by atoms with Gasteiger partial charge in [0.15, 0.2) is 0 Å². The molecular formula is C16H15N3O2. The summed E-state index contributed by atoms with van der Waals surface area (Å²) in [6, 6.07) is 14.7. The molecule has 0 saturated carbocycles. The molecule has 0 bridgehead atoms. The molecule has 2 aromatic rings. The molecule has 0 saturated heterocycles. The Morgan fingerprint density at radius 1 is 1.14 bits per heavy atom. The van der Waals surface area contributed by atoms with E-state index in [0.29, 0.717) is 18.7 Å². The molecule has 5 heteroatoms. The van der Waals surface area contributed by atoms with Gasteiger partial charge in [-0.15, -0.1) is 0 Å². The van der Waals surface area contributed by atoms with E-state index in [1.807, 2.05) is 36.4 Å². The SMILES string of the molecule is NNC(=O)c1ccc(CN2Cc3ccccc3C2=O)cc1. The molecule has 106 valence electrons. The first-order valence-corrected chi connectivity index (χ1v) is 6.66. The topological polar surface area (TPSA) is 75.4 Å². The molecule has 0 unspecified atom stereocenters. The van der Waals surface area contributed by atoms with Gasteiger partial charge in [0.25, 0.3) is 11.8 Å². The maximum Gasteiger partial charge on any atom is 0.265 e. The number of nitrogen functional groups attached to an aromatic ring is 1. The number of nitrogens with one attached hydrogen (secondary N) is 1. The summed E-state index contributed by atoms with van der Waals surface area (Å²) >= 11 is 0. The van der Waals surface area contributed by atoms with Gasteiger partial charge >= 0.3 is 0 Å². The summed E-state index contributed by atoms with van der Waals surface area (Å²) in [4.78, 5) is 25.4. The Hall–Kier alpha value is -2.66. The maximum absolute atomic E-state index is 12.3. The number of amides is 2. The molecule has 0 aliphatic carbocycles. The number of benzene rings is 2. The molecule has 2 amide bonds. The van der Waals surface area contributed by atoms with Gasteiger partial charge in [0.1, 0.15) is 0 Å². The number of nitrogens with zero attached hydrogens (tertiary/aromatic N) is 1. The average molecular weight is 281 g/mol. The van der Waals surface area contributed by atoms with Crippen molar-refractivity contribution < 1.29 is 9.59 Å². The van der Waals surface area contributed by atoms with Crippen LogP contribution in [0, 0.1) is 0 Å². The van der Waals surface area contributed by atoms with Gasteiger partial charge < -0.3 is 4.90 Å². The predicted octanol–water partition coefficient (Wildman–Crippen LogP) is 1.45. The number of hydrogen-bond acceptors (Lipinski definition) is 3. The lowest BCUT2D eigenvalue weighted by Gasteiger charge is -2.15. The van der Waals surface area contributed by atoms with Crippen LogP contribution < -0.4 is 11.3 Å². The molecule has 0 atom stereocenters. The van der Waals surface area contributed by atoms with Crippen LogP contribution in [0.5, 0.6) is 0 Å². The minimum Gasteiger partial charge on any atom is -0.330 e. The highest BCUT2D eigenvalue weighted by molar-refractivity contribution is 5.98. The van der Waals surface area contributed by atoms with Gasteiger partial charge in [0.2, 0.25) is 0 Å². The number of carbonyl (C=O) groups is 2. The summed E-state index contributed by atoms with van der Waals surface area (Å²) in [6.07, 6.45) is 0. The Morgan fingerprint density at radius 2 is 1.86 bits per heavy atom. The quantitative estimate of drug-likeness (QED) is 0.508. The van der Waals surface area contributed by atoms with E-state index in [9.17, 15) is 9.59 Å². The monoisotopic (exact) mass is 281 g/mol. The summed E-state index contributed by atoms with van der Waals surface area (Å²) in [7, 11) is 0. The number of rotatable bonds is 3. The fourth-order valence-corrected chi connectivity index (χ4v) is 2.51. The van der Waals surface area contributed by atoms with E-state index in [0.717, 1.165) is 16.7 Å². The lowest BCUT2D eigenvalue weighted by molar-refractivity contribution is 0.0766. The van der Waals surface area contributed by atoms with Crippen LogP contribution in [0.15, 0.2) is 48.5 Å². The molecule has 3 rings (SSSR count). The van der Waals surface area contributed by atoms with Crippen LogP contribution in [0.3, 0.4) is 0 Å². The molecule has 1 aliphatic heterocycles. The van der Waals surface area contributed by atoms with Gasteiger partial charge in [-0.3, -0.25) is 15.0 Å². The molecule has 0 fully saturated rings. The zero-order valence-electron chi connectivity index (χ0n) is 11.4. The number of fused-ring (bicyclic) bond motifs is 1. The minimum atomic E-state index is -0.328. The molecule has 0 spiro atoms. The Bertz CT molecular complexity index is 695. The molecule has 0 aromatic heterocycles. The van der Waals surface area contributed by atoms with Crippen LogP contribution in [-0.2, 0) is 13.1 Å². The van der Waals surface area contributed by atoms with Gasteiger partial charge in [-0.05, 0) is 29.3 Å². The van der Waals surface area contributed by atoms with Gasteiger partial charge in [0, 0.05) is 24.2 Å². The van der Waals surface area contributed by atoms with E-state index < -0.39 is 0 Å². The summed E-state index contributed by atoms with van der Waals surface area (Å²) in [5, 5.41) is 0. The lowest BCUT2D eigenvalue weighted by atomic mass is 10.1. The molecular weight excluding hydrogens is 266 g/mol. The van der Waals surface area contributed by atoms with Gasteiger partial charge in [0.05, 0.1) is 0 Å². The Kier molecular flexibility index (Phi) is 3.41. The predicted molar refractivity (Wildman–Crippen MR) is 78.1 cm³/mol. The number of carbonyl (C=O) groups excluding carboxylic acids is 2. The molecule has 2 aromatic carbocycles. The third kappa shape index (κ3) is 2.51. The van der Waals surface area contributed by atoms with Crippen LogP contribution in [0.4, 0.5) is 0 Å². The molecule has 21 heavy (non-hydrogen) atoms. The molecule has 1 heterocycles.